The molecule has 4 fully saturated rings. The van der Waals surface area contributed by atoms with E-state index in [9.17, 15) is 0 Å². The van der Waals surface area contributed by atoms with Crippen LogP contribution in [-0.2, 0) is 12.8 Å². The average Bonchev–Trinajstić information content (AvgIpc) is 4.01. The van der Waals surface area contributed by atoms with Crippen molar-refractivity contribution in [3.63, 3.8) is 0 Å². The van der Waals surface area contributed by atoms with Crippen molar-refractivity contribution in [2.75, 3.05) is 0 Å². The predicted octanol–water partition coefficient (Wildman–Crippen LogP) is 33.1. The molecule has 0 spiro atoms. The fraction of sp³-hybridized carbons (Fsp3) is 0.560. The molecule has 0 N–H and O–H groups in total. The summed E-state index contributed by atoms with van der Waals surface area (Å²) in [6.07, 6.45) is 29.3. The zero-order valence-corrected chi connectivity index (χ0v) is 66.4. The lowest BCUT2D eigenvalue weighted by Crippen LogP contribution is -2.03. The van der Waals surface area contributed by atoms with Crippen LogP contribution < -0.4 is 0 Å². The molecule has 0 atom stereocenters. The molecular formula is C91H160. The lowest BCUT2D eigenvalue weighted by atomic mass is 9.84. The number of fused-ring (bicyclic) bond motifs is 4. The Morgan fingerprint density at radius 2 is 0.407 bits per heavy atom. The Morgan fingerprint density at radius 3 is 0.648 bits per heavy atom. The maximum Gasteiger partial charge on any atom is -0.0162 e. The minimum atomic E-state index is 0.861. The second kappa shape index (κ2) is 98.4. The highest BCUT2D eigenvalue weighted by atomic mass is 14.4. The van der Waals surface area contributed by atoms with E-state index < -0.39 is 0 Å². The van der Waals surface area contributed by atoms with Crippen LogP contribution in [0.4, 0.5) is 0 Å². The first kappa shape index (κ1) is 105. The van der Waals surface area contributed by atoms with Crippen LogP contribution in [0.5, 0.6) is 0 Å². The highest BCUT2D eigenvalue weighted by Crippen LogP contribution is 2.44. The van der Waals surface area contributed by atoms with E-state index in [4.69, 9.17) is 0 Å². The second-order valence-corrected chi connectivity index (χ2v) is 18.2. The van der Waals surface area contributed by atoms with Crippen molar-refractivity contribution in [2.24, 2.45) is 11.8 Å². The Kier molecular flexibility index (Phi) is 113. The molecule has 4 saturated carbocycles. The number of benzene rings is 7. The zero-order chi connectivity index (χ0) is 71.3. The summed E-state index contributed by atoms with van der Waals surface area (Å²) in [6.45, 7) is 56.0. The first-order valence-electron chi connectivity index (χ1n) is 39.0. The molecule has 0 amide bonds. The molecule has 524 valence electrons. The smallest absolute Gasteiger partial charge is 0.0162 e. The Hall–Kier alpha value is -5.20. The third-order valence-corrected chi connectivity index (χ3v) is 13.5. The molecule has 0 radical (unpaired) electrons. The van der Waals surface area contributed by atoms with Crippen LogP contribution in [0.1, 0.15) is 332 Å². The molecule has 0 aliphatic heterocycles. The molecule has 2 bridgehead atoms. The van der Waals surface area contributed by atoms with E-state index in [0.717, 1.165) is 5.92 Å². The van der Waals surface area contributed by atoms with Crippen LogP contribution in [0.15, 0.2) is 200 Å². The minimum absolute atomic E-state index is 0.861. The Balaban J connectivity index is -0.000000116. The third kappa shape index (κ3) is 62.0. The van der Waals surface area contributed by atoms with Crippen LogP contribution in [0.25, 0.3) is 21.9 Å². The van der Waals surface area contributed by atoms with Crippen molar-refractivity contribution in [1.82, 2.24) is 0 Å². The van der Waals surface area contributed by atoms with Gasteiger partial charge in [-0.15, -0.1) is 0 Å². The summed E-state index contributed by atoms with van der Waals surface area (Å²) >= 11 is 0. The Labute approximate surface area is 575 Å². The SMILES string of the molecule is C1CC2CCC1C2.C1CCCCC1.CC.CC.CC.CC.CC.CC.CC.CC.CC.CC.CC.CC.CC.CC.c1ccc(-c2ccccc2)cc1.c1ccc(C2CCCCC2)cc1.c1ccc2c(c1)CCCC2.c1ccc2ccccc2c1.c1ccccc1. The summed E-state index contributed by atoms with van der Waals surface area (Å²) in [4.78, 5) is 0. The standard InChI is InChI=1S/C12H16.C12H10.C10H12.C10H8.C7H12.C6H12.C6H6.14C2H6/c2*1-3-7-11(8-4-1)12-9-5-2-6-10-12;2*1-2-6-10-8-4-3-7-9(10)5-1;1-2-7-4-3-6(1)5-7;2*1-2-4-6-5-3-1;14*1-2/h1,3-4,7-8,12H,2,5-6,9-10H2;1-10H;1-2,5-6H,3-4,7-8H2;1-8H;6-7H,1-5H2;1-6H2;1-6H;14*1-2H3. The normalized spacial score (nSPS) is 13.5. The molecule has 12 rings (SSSR count). The van der Waals surface area contributed by atoms with Gasteiger partial charge in [-0.2, -0.15) is 0 Å². The summed E-state index contributed by atoms with van der Waals surface area (Å²) in [6, 6.07) is 69.3. The van der Waals surface area contributed by atoms with E-state index in [1.165, 1.54) is 130 Å². The van der Waals surface area contributed by atoms with Gasteiger partial charge in [0.25, 0.3) is 0 Å². The number of rotatable bonds is 2. The lowest BCUT2D eigenvalue weighted by Gasteiger charge is -2.21. The van der Waals surface area contributed by atoms with Crippen molar-refractivity contribution in [3.05, 3.63) is 217 Å². The van der Waals surface area contributed by atoms with Gasteiger partial charge in [-0.3, -0.25) is 0 Å². The number of hydrogen-bond donors (Lipinski definition) is 0. The van der Waals surface area contributed by atoms with Gasteiger partial charge in [0.2, 0.25) is 0 Å². The van der Waals surface area contributed by atoms with Gasteiger partial charge in [0.1, 0.15) is 0 Å². The van der Waals surface area contributed by atoms with Crippen LogP contribution in [0.2, 0.25) is 0 Å². The average molecular weight is 1250 g/mol. The van der Waals surface area contributed by atoms with E-state index in [-0.39, 0.29) is 0 Å². The van der Waals surface area contributed by atoms with Gasteiger partial charge < -0.3 is 0 Å². The summed E-state index contributed by atoms with van der Waals surface area (Å²) in [5.41, 5.74) is 7.26. The quantitative estimate of drug-likeness (QED) is 0.162. The first-order chi connectivity index (χ1) is 45.3. The highest BCUT2D eigenvalue weighted by molar-refractivity contribution is 5.82. The van der Waals surface area contributed by atoms with Crippen molar-refractivity contribution < 1.29 is 0 Å². The maximum atomic E-state index is 2.27. The molecular weight excluding hydrogens is 1090 g/mol. The molecule has 0 aromatic heterocycles. The van der Waals surface area contributed by atoms with Crippen LogP contribution in [0, 0.1) is 11.8 Å². The van der Waals surface area contributed by atoms with E-state index in [2.05, 4.69) is 152 Å². The van der Waals surface area contributed by atoms with Crippen molar-refractivity contribution >= 4 is 10.8 Å². The predicted molar refractivity (Wildman–Crippen MR) is 434 cm³/mol. The number of aryl methyl sites for hydroxylation is 2. The third-order valence-electron chi connectivity index (χ3n) is 13.5. The monoisotopic (exact) mass is 1250 g/mol. The Morgan fingerprint density at radius 1 is 0.198 bits per heavy atom. The highest BCUT2D eigenvalue weighted by Gasteiger charge is 2.30. The largest absolute Gasteiger partial charge is 0.0683 e. The van der Waals surface area contributed by atoms with Gasteiger partial charge in [0, 0.05) is 0 Å². The minimum Gasteiger partial charge on any atom is -0.0683 e. The van der Waals surface area contributed by atoms with Gasteiger partial charge in [0.15, 0.2) is 0 Å². The number of hydrogen-bond acceptors (Lipinski definition) is 0. The molecule has 0 heterocycles. The molecule has 7 aromatic carbocycles. The van der Waals surface area contributed by atoms with Crippen LogP contribution in [-0.4, -0.2) is 0 Å². The van der Waals surface area contributed by atoms with E-state index in [1.807, 2.05) is 242 Å². The Bertz CT molecular complexity index is 1960. The van der Waals surface area contributed by atoms with Gasteiger partial charge in [0.05, 0.1) is 0 Å². The summed E-state index contributed by atoms with van der Waals surface area (Å²) in [7, 11) is 0. The molecule has 5 aliphatic carbocycles. The molecule has 0 unspecified atom stereocenters. The molecule has 91 heavy (non-hydrogen) atoms. The van der Waals surface area contributed by atoms with Gasteiger partial charge in [-0.1, -0.05) is 478 Å². The van der Waals surface area contributed by atoms with Crippen LogP contribution >= 0.6 is 0 Å². The van der Waals surface area contributed by atoms with Crippen molar-refractivity contribution in [1.29, 1.82) is 0 Å². The zero-order valence-electron chi connectivity index (χ0n) is 66.4. The summed E-state index contributed by atoms with van der Waals surface area (Å²) < 4.78 is 0. The van der Waals surface area contributed by atoms with Crippen LogP contribution in [0.3, 0.4) is 0 Å². The summed E-state index contributed by atoms with van der Waals surface area (Å²) in [5, 5.41) is 2.62. The topological polar surface area (TPSA) is 0 Å². The lowest BCUT2D eigenvalue weighted by molar-refractivity contribution is 0.443. The van der Waals surface area contributed by atoms with Gasteiger partial charge in [-0.05, 0) is 101 Å². The fourth-order valence-electron chi connectivity index (χ4n) is 9.85. The van der Waals surface area contributed by atoms with Crippen molar-refractivity contribution in [2.45, 2.75) is 328 Å². The second-order valence-electron chi connectivity index (χ2n) is 18.2. The van der Waals surface area contributed by atoms with E-state index >= 15 is 0 Å². The van der Waals surface area contributed by atoms with Gasteiger partial charge >= 0.3 is 0 Å². The summed E-state index contributed by atoms with van der Waals surface area (Å²) in [5.74, 6) is 3.20. The maximum absolute atomic E-state index is 2.27. The molecule has 0 saturated heterocycles. The first-order valence-corrected chi connectivity index (χ1v) is 39.0. The molecule has 0 heteroatoms. The van der Waals surface area contributed by atoms with Gasteiger partial charge in [-0.25, -0.2) is 0 Å². The molecule has 7 aromatic rings. The molecule has 5 aliphatic rings. The van der Waals surface area contributed by atoms with Crippen molar-refractivity contribution in [3.8, 4) is 11.1 Å². The fourth-order valence-corrected chi connectivity index (χ4v) is 9.85. The molecule has 0 nitrogen and oxygen atoms in total. The van der Waals surface area contributed by atoms with E-state index in [1.54, 1.807) is 48.8 Å². The van der Waals surface area contributed by atoms with E-state index in [0.29, 0.717) is 0 Å².